The van der Waals surface area contributed by atoms with Gasteiger partial charge < -0.3 is 0 Å². The zero-order valence-corrected chi connectivity index (χ0v) is 16.2. The first kappa shape index (κ1) is 17.9. The molecule has 0 radical (unpaired) electrons. The van der Waals surface area contributed by atoms with Crippen LogP contribution in [0, 0.1) is 0 Å². The number of fused-ring (bicyclic) bond motifs is 1. The average molecular weight is 401 g/mol. The van der Waals surface area contributed by atoms with Gasteiger partial charge in [-0.1, -0.05) is 0 Å². The van der Waals surface area contributed by atoms with E-state index in [1.54, 1.807) is 0 Å². The van der Waals surface area contributed by atoms with Gasteiger partial charge in [-0.05, 0) is 0 Å². The minimum absolute atomic E-state index is 0.145. The van der Waals surface area contributed by atoms with E-state index in [-0.39, 0.29) is 26.7 Å². The summed E-state index contributed by atoms with van der Waals surface area (Å²) in [6.07, 6.45) is 1.24. The number of rotatable bonds is 5. The first-order valence-corrected chi connectivity index (χ1v) is 10.3. The van der Waals surface area contributed by atoms with Gasteiger partial charge in [-0.15, -0.1) is 0 Å². The van der Waals surface area contributed by atoms with Gasteiger partial charge >= 0.3 is 155 Å². The summed E-state index contributed by atoms with van der Waals surface area (Å²) in [4.78, 5) is 25.9. The Labute approximate surface area is 154 Å². The molecule has 130 valence electrons. The van der Waals surface area contributed by atoms with Crippen LogP contribution in [0.4, 0.5) is 0 Å². The number of ketones is 1. The van der Waals surface area contributed by atoms with E-state index in [1.807, 2.05) is 62.4 Å². The third-order valence-electron chi connectivity index (χ3n) is 4.63. The van der Waals surface area contributed by atoms with E-state index >= 15 is 0 Å². The number of benzene rings is 2. The molecule has 1 aliphatic rings. The van der Waals surface area contributed by atoms with E-state index in [2.05, 4.69) is 6.07 Å². The van der Waals surface area contributed by atoms with Gasteiger partial charge in [0.15, 0.2) is 0 Å². The molecule has 2 unspecified atom stereocenters. The van der Waals surface area contributed by atoms with Gasteiger partial charge in [0, 0.05) is 0 Å². The molecule has 0 saturated carbocycles. The van der Waals surface area contributed by atoms with E-state index in [1.165, 1.54) is 5.56 Å². The van der Waals surface area contributed by atoms with Crippen molar-refractivity contribution in [2.75, 3.05) is 6.61 Å². The van der Waals surface area contributed by atoms with E-state index < -0.39 is 10.2 Å². The number of ether oxygens (including phenoxy) is 1. The fourth-order valence-corrected chi connectivity index (χ4v) is 6.18. The summed E-state index contributed by atoms with van der Waals surface area (Å²) in [5, 5.41) is 0. The molecular formula is C21H22O3Se. The third-order valence-corrected chi connectivity index (χ3v) is 7.43. The van der Waals surface area contributed by atoms with Crippen molar-refractivity contribution in [3.05, 3.63) is 65.7 Å². The number of aryl methyl sites for hydroxylation is 1. The summed E-state index contributed by atoms with van der Waals surface area (Å²) in [6.45, 7) is 4.04. The van der Waals surface area contributed by atoms with E-state index in [0.29, 0.717) is 13.0 Å². The van der Waals surface area contributed by atoms with E-state index in [9.17, 15) is 9.59 Å². The predicted molar refractivity (Wildman–Crippen MR) is 99.3 cm³/mol. The summed E-state index contributed by atoms with van der Waals surface area (Å²) in [5.74, 6) is -0.558. The molecule has 2 atom stereocenters. The van der Waals surface area contributed by atoms with Gasteiger partial charge in [0.2, 0.25) is 0 Å². The molecule has 3 nitrogen and oxygen atoms in total. The molecule has 0 N–H and O–H groups in total. The number of esters is 1. The predicted octanol–water partition coefficient (Wildman–Crippen LogP) is 3.06. The van der Waals surface area contributed by atoms with Crippen LogP contribution < -0.4 is 4.46 Å². The Kier molecular flexibility index (Phi) is 5.41. The second kappa shape index (κ2) is 7.55. The molecule has 4 heteroatoms. The number of carbonyl (C=O) groups excluding carboxylic acids is 2. The standard InChI is InChI=1S/C21H22O3Se/c1-3-24-20(23)21(2,25-16-10-5-4-6-11-16)19-17-12-8-7-9-15(17)13-14-18(19)22/h4-12,19H,3,13-14H2,1-2H3. The van der Waals surface area contributed by atoms with Crippen molar-refractivity contribution >= 4 is 31.2 Å². The number of carbonyl (C=O) groups is 2. The Hall–Kier alpha value is -1.90. The van der Waals surface area contributed by atoms with Crippen LogP contribution in [-0.4, -0.2) is 33.3 Å². The van der Waals surface area contributed by atoms with Crippen LogP contribution in [-0.2, 0) is 20.7 Å². The molecule has 0 saturated heterocycles. The third kappa shape index (κ3) is 3.56. The maximum absolute atomic E-state index is 13.0. The summed E-state index contributed by atoms with van der Waals surface area (Å²) in [6, 6.07) is 18.0. The molecule has 0 heterocycles. The maximum atomic E-state index is 13.0. The molecule has 2 aromatic rings. The van der Waals surface area contributed by atoms with Crippen molar-refractivity contribution in [2.45, 2.75) is 36.9 Å². The van der Waals surface area contributed by atoms with Crippen LogP contribution in [0.5, 0.6) is 0 Å². The Morgan fingerprint density at radius 2 is 1.80 bits per heavy atom. The van der Waals surface area contributed by atoms with Crippen LogP contribution in [0.3, 0.4) is 0 Å². The molecule has 0 bridgehead atoms. The molecule has 0 aliphatic heterocycles. The SMILES string of the molecule is CCOC(=O)C(C)([Se]c1ccccc1)C1C(=O)CCc2ccccc21. The zero-order valence-electron chi connectivity index (χ0n) is 14.5. The molecule has 1 aliphatic carbocycles. The number of Topliss-reactive ketones (excluding diaryl/α,β-unsaturated/α-hetero) is 1. The van der Waals surface area contributed by atoms with Gasteiger partial charge in [0.05, 0.1) is 0 Å². The molecular weight excluding hydrogens is 379 g/mol. The molecule has 0 spiro atoms. The van der Waals surface area contributed by atoms with Gasteiger partial charge in [0.1, 0.15) is 0 Å². The fraction of sp³-hybridized carbons (Fsp3) is 0.333. The first-order valence-electron chi connectivity index (χ1n) is 8.58. The Bertz CT molecular complexity index is 772. The molecule has 0 aromatic heterocycles. The summed E-state index contributed by atoms with van der Waals surface area (Å²) >= 11 is -0.217. The topological polar surface area (TPSA) is 43.4 Å². The van der Waals surface area contributed by atoms with Crippen LogP contribution in [0.25, 0.3) is 0 Å². The second-order valence-corrected chi connectivity index (χ2v) is 9.54. The van der Waals surface area contributed by atoms with Crippen molar-refractivity contribution < 1.29 is 14.3 Å². The molecule has 0 amide bonds. The van der Waals surface area contributed by atoms with E-state index in [0.717, 1.165) is 16.4 Å². The van der Waals surface area contributed by atoms with Crippen molar-refractivity contribution in [3.63, 3.8) is 0 Å². The van der Waals surface area contributed by atoms with Crippen LogP contribution in [0.2, 0.25) is 4.31 Å². The summed E-state index contributed by atoms with van der Waals surface area (Å²) < 4.78 is 5.67. The van der Waals surface area contributed by atoms with Gasteiger partial charge in [-0.3, -0.25) is 0 Å². The summed E-state index contributed by atoms with van der Waals surface area (Å²) in [7, 11) is 0. The van der Waals surface area contributed by atoms with Crippen molar-refractivity contribution in [2.24, 2.45) is 0 Å². The normalized spacial score (nSPS) is 19.0. The van der Waals surface area contributed by atoms with Crippen molar-refractivity contribution in [1.82, 2.24) is 0 Å². The number of hydrogen-bond acceptors (Lipinski definition) is 3. The zero-order chi connectivity index (χ0) is 17.9. The average Bonchev–Trinajstić information content (AvgIpc) is 2.62. The van der Waals surface area contributed by atoms with Gasteiger partial charge in [-0.25, -0.2) is 0 Å². The van der Waals surface area contributed by atoms with Crippen molar-refractivity contribution in [3.8, 4) is 0 Å². The van der Waals surface area contributed by atoms with Gasteiger partial charge in [-0.2, -0.15) is 0 Å². The van der Waals surface area contributed by atoms with Crippen LogP contribution >= 0.6 is 0 Å². The Morgan fingerprint density at radius 1 is 1.12 bits per heavy atom. The molecule has 3 rings (SSSR count). The fourth-order valence-electron chi connectivity index (χ4n) is 3.45. The van der Waals surface area contributed by atoms with Crippen LogP contribution in [0.15, 0.2) is 54.6 Å². The quantitative estimate of drug-likeness (QED) is 0.572. The summed E-state index contributed by atoms with van der Waals surface area (Å²) in [5.41, 5.74) is 2.17. The minimum atomic E-state index is -0.849. The van der Waals surface area contributed by atoms with E-state index in [4.69, 9.17) is 4.74 Å². The first-order chi connectivity index (χ1) is 12.1. The molecule has 25 heavy (non-hydrogen) atoms. The number of hydrogen-bond donors (Lipinski definition) is 0. The Balaban J connectivity index is 2.08. The van der Waals surface area contributed by atoms with Crippen LogP contribution in [0.1, 0.15) is 37.3 Å². The second-order valence-electron chi connectivity index (χ2n) is 6.34. The van der Waals surface area contributed by atoms with Gasteiger partial charge in [0.25, 0.3) is 0 Å². The molecule has 0 fully saturated rings. The monoisotopic (exact) mass is 402 g/mol. The molecule has 2 aromatic carbocycles. The Morgan fingerprint density at radius 3 is 2.52 bits per heavy atom. The van der Waals surface area contributed by atoms with Crippen molar-refractivity contribution in [1.29, 1.82) is 0 Å².